The number of ether oxygens (including phenoxy) is 4. The van der Waals surface area contributed by atoms with E-state index in [2.05, 4.69) is 4.98 Å². The molecule has 0 radical (unpaired) electrons. The number of hydrogen-bond acceptors (Lipinski definition) is 8. The van der Waals surface area contributed by atoms with Crippen LogP contribution in [0.15, 0.2) is 12.1 Å². The van der Waals surface area contributed by atoms with Gasteiger partial charge >= 0.3 is 17.9 Å². The van der Waals surface area contributed by atoms with Gasteiger partial charge in [0.15, 0.2) is 30.1 Å². The fourth-order valence-corrected chi connectivity index (χ4v) is 3.48. The lowest BCUT2D eigenvalue weighted by Gasteiger charge is -2.24. The molecule has 1 aliphatic rings. The number of fused-ring (bicyclic) bond motifs is 1. The van der Waals surface area contributed by atoms with Crippen molar-refractivity contribution in [1.82, 2.24) is 9.55 Å². The molecule has 12 heteroatoms. The summed E-state index contributed by atoms with van der Waals surface area (Å²) in [6.45, 7) is 3.12. The molecule has 30 heavy (non-hydrogen) atoms. The van der Waals surface area contributed by atoms with E-state index in [9.17, 15) is 23.2 Å². The van der Waals surface area contributed by atoms with E-state index in [-0.39, 0.29) is 22.9 Å². The molecular weight excluding hydrogens is 430 g/mol. The lowest BCUT2D eigenvalue weighted by Crippen LogP contribution is -2.40. The molecule has 0 amide bonds. The largest absolute Gasteiger partial charge is 0.463 e. The van der Waals surface area contributed by atoms with Gasteiger partial charge in [0.25, 0.3) is 0 Å². The Morgan fingerprint density at radius 3 is 2.27 bits per heavy atom. The maximum Gasteiger partial charge on any atom is 0.303 e. The third kappa shape index (κ3) is 4.36. The van der Waals surface area contributed by atoms with Gasteiger partial charge in [-0.25, -0.2) is 13.8 Å². The zero-order valence-electron chi connectivity index (χ0n) is 16.1. The molecule has 0 spiro atoms. The van der Waals surface area contributed by atoms with Gasteiger partial charge in [-0.15, -0.1) is 0 Å². The van der Waals surface area contributed by atoms with E-state index in [1.165, 1.54) is 11.5 Å². The van der Waals surface area contributed by atoms with Crippen molar-refractivity contribution in [3.63, 3.8) is 0 Å². The molecule has 2 aromatic rings. The summed E-state index contributed by atoms with van der Waals surface area (Å²) in [4.78, 5) is 38.5. The fourth-order valence-electron chi connectivity index (χ4n) is 3.20. The first kappa shape index (κ1) is 21.9. The summed E-state index contributed by atoms with van der Waals surface area (Å²) in [5.74, 6) is -4.33. The second kappa shape index (κ2) is 8.52. The summed E-state index contributed by atoms with van der Waals surface area (Å²) in [5, 5.41) is -0.216. The molecular formula is C18H17ClF2N2O7. The summed E-state index contributed by atoms with van der Waals surface area (Å²) in [7, 11) is 0. The van der Waals surface area contributed by atoms with Crippen LogP contribution in [0.5, 0.6) is 0 Å². The number of aromatic nitrogens is 2. The number of esters is 3. The van der Waals surface area contributed by atoms with Crippen LogP contribution in [-0.2, 0) is 33.3 Å². The first-order valence-electron chi connectivity index (χ1n) is 8.74. The van der Waals surface area contributed by atoms with Crippen LogP contribution in [0.3, 0.4) is 0 Å². The molecule has 1 aromatic heterocycles. The number of hydrogen-bond donors (Lipinski definition) is 0. The van der Waals surface area contributed by atoms with Gasteiger partial charge in [-0.2, -0.15) is 0 Å². The van der Waals surface area contributed by atoms with Gasteiger partial charge in [-0.05, 0) is 11.6 Å². The standard InChI is InChI=1S/C18H17ClF2N2O7/c1-7(24)27-6-14-15(28-8(2)25)16(29-9(3)26)17(30-14)23-13-5-11(21)10(20)4-12(13)22-18(23)19/h4-5,14-17H,6H2,1-3H3/t14-,15-,16-,17+/m1/s1. The number of nitrogens with zero attached hydrogens (tertiary/aromatic N) is 2. The van der Waals surface area contributed by atoms with Crippen molar-refractivity contribution in [1.29, 1.82) is 0 Å². The minimum absolute atomic E-state index is 0.0246. The molecule has 0 saturated carbocycles. The second-order valence-corrected chi connectivity index (χ2v) is 6.86. The van der Waals surface area contributed by atoms with Gasteiger partial charge in [-0.3, -0.25) is 19.0 Å². The fraction of sp³-hybridized carbons (Fsp3) is 0.444. The predicted octanol–water partition coefficient (Wildman–Crippen LogP) is 2.29. The van der Waals surface area contributed by atoms with Crippen LogP contribution in [0.25, 0.3) is 11.0 Å². The summed E-state index contributed by atoms with van der Waals surface area (Å²) >= 11 is 6.18. The first-order valence-corrected chi connectivity index (χ1v) is 9.12. The first-order chi connectivity index (χ1) is 14.1. The molecule has 1 aliphatic heterocycles. The highest BCUT2D eigenvalue weighted by molar-refractivity contribution is 6.29. The van der Waals surface area contributed by atoms with Crippen molar-refractivity contribution in [2.75, 3.05) is 6.61 Å². The molecule has 0 aliphatic carbocycles. The smallest absolute Gasteiger partial charge is 0.303 e. The average molecular weight is 447 g/mol. The maximum absolute atomic E-state index is 13.9. The van der Waals surface area contributed by atoms with Crippen LogP contribution in [-0.4, -0.2) is 52.4 Å². The van der Waals surface area contributed by atoms with Gasteiger partial charge in [0, 0.05) is 32.9 Å². The van der Waals surface area contributed by atoms with Gasteiger partial charge in [-0.1, -0.05) is 0 Å². The number of halogens is 3. The Morgan fingerprint density at radius 2 is 1.67 bits per heavy atom. The topological polar surface area (TPSA) is 106 Å². The lowest BCUT2D eigenvalue weighted by atomic mass is 10.1. The van der Waals surface area contributed by atoms with E-state index >= 15 is 0 Å². The van der Waals surface area contributed by atoms with Crippen molar-refractivity contribution in [3.8, 4) is 0 Å². The third-order valence-corrected chi connectivity index (χ3v) is 4.55. The van der Waals surface area contributed by atoms with Crippen LogP contribution in [0.2, 0.25) is 5.28 Å². The van der Waals surface area contributed by atoms with E-state index in [1.54, 1.807) is 0 Å². The van der Waals surface area contributed by atoms with Crippen LogP contribution in [0.1, 0.15) is 27.0 Å². The van der Waals surface area contributed by atoms with Crippen molar-refractivity contribution in [2.45, 2.75) is 45.3 Å². The number of carbonyl (C=O) groups excluding carboxylic acids is 3. The van der Waals surface area contributed by atoms with Crippen molar-refractivity contribution >= 4 is 40.5 Å². The number of benzene rings is 1. The molecule has 3 rings (SSSR count). The predicted molar refractivity (Wildman–Crippen MR) is 96.3 cm³/mol. The van der Waals surface area contributed by atoms with E-state index in [4.69, 9.17) is 30.5 Å². The number of imidazole rings is 1. The quantitative estimate of drug-likeness (QED) is 0.509. The Balaban J connectivity index is 2.09. The van der Waals surface area contributed by atoms with Crippen LogP contribution < -0.4 is 0 Å². The molecule has 9 nitrogen and oxygen atoms in total. The monoisotopic (exact) mass is 446 g/mol. The molecule has 162 valence electrons. The van der Waals surface area contributed by atoms with Crippen molar-refractivity contribution < 1.29 is 42.1 Å². The third-order valence-electron chi connectivity index (χ3n) is 4.28. The summed E-state index contributed by atoms with van der Waals surface area (Å²) in [6, 6.07) is 1.71. The Hall–Kier alpha value is -2.79. The minimum atomic E-state index is -1.24. The van der Waals surface area contributed by atoms with Gasteiger partial charge < -0.3 is 18.9 Å². The van der Waals surface area contributed by atoms with E-state index in [0.29, 0.717) is 0 Å². The van der Waals surface area contributed by atoms with Gasteiger partial charge in [0.1, 0.15) is 12.7 Å². The highest BCUT2D eigenvalue weighted by Crippen LogP contribution is 2.38. The minimum Gasteiger partial charge on any atom is -0.463 e. The molecule has 2 heterocycles. The van der Waals surface area contributed by atoms with Crippen LogP contribution in [0.4, 0.5) is 8.78 Å². The normalized spacial score (nSPS) is 23.4. The molecule has 1 fully saturated rings. The summed E-state index contributed by atoms with van der Waals surface area (Å²) < 4.78 is 49.9. The second-order valence-electron chi connectivity index (χ2n) is 6.52. The zero-order chi connectivity index (χ0) is 22.2. The van der Waals surface area contributed by atoms with Crippen molar-refractivity contribution in [3.05, 3.63) is 29.1 Å². The van der Waals surface area contributed by atoms with E-state index in [0.717, 1.165) is 26.0 Å². The Morgan fingerprint density at radius 1 is 1.07 bits per heavy atom. The highest BCUT2D eigenvalue weighted by Gasteiger charge is 2.51. The SMILES string of the molecule is CC(=O)OC[C@H]1O[C@H](n2c(Cl)nc3cc(F)c(F)cc32)[C@H](OC(C)=O)[C@@H]1OC(C)=O. The summed E-state index contributed by atoms with van der Waals surface area (Å²) in [6.07, 6.45) is -4.68. The molecule has 1 aromatic carbocycles. The number of carbonyl (C=O) groups is 3. The molecule has 0 N–H and O–H groups in total. The highest BCUT2D eigenvalue weighted by atomic mass is 35.5. The Labute approximate surface area is 173 Å². The molecule has 4 atom stereocenters. The van der Waals surface area contributed by atoms with Gasteiger partial charge in [0.05, 0.1) is 11.0 Å². The number of rotatable bonds is 5. The van der Waals surface area contributed by atoms with Crippen molar-refractivity contribution in [2.24, 2.45) is 0 Å². The van der Waals surface area contributed by atoms with Gasteiger partial charge in [0.2, 0.25) is 5.28 Å². The molecule has 0 bridgehead atoms. The average Bonchev–Trinajstić information content (AvgIpc) is 3.10. The lowest BCUT2D eigenvalue weighted by molar-refractivity contribution is -0.166. The van der Waals surface area contributed by atoms with E-state index < -0.39 is 54.1 Å². The molecule has 1 saturated heterocycles. The Kier molecular flexibility index (Phi) is 6.22. The van der Waals surface area contributed by atoms with Crippen LogP contribution in [0, 0.1) is 11.6 Å². The Bertz CT molecular complexity index is 1010. The summed E-state index contributed by atoms with van der Waals surface area (Å²) in [5.41, 5.74) is 0.0762. The van der Waals surface area contributed by atoms with E-state index in [1.807, 2.05) is 0 Å². The van der Waals surface area contributed by atoms with Crippen LogP contribution >= 0.6 is 11.6 Å². The maximum atomic E-state index is 13.9. The zero-order valence-corrected chi connectivity index (χ0v) is 16.8. The molecule has 0 unspecified atom stereocenters.